The molecule has 0 N–H and O–H groups in total. The maximum absolute atomic E-state index is 12.9. The van der Waals surface area contributed by atoms with Gasteiger partial charge in [0.15, 0.2) is 11.5 Å². The Morgan fingerprint density at radius 1 is 1.26 bits per heavy atom. The Balaban J connectivity index is 1.31. The lowest BCUT2D eigenvalue weighted by molar-refractivity contribution is 0.0711. The van der Waals surface area contributed by atoms with Crippen LogP contribution < -0.4 is 0 Å². The first-order chi connectivity index (χ1) is 13.1. The topological polar surface area (TPSA) is 64.2 Å². The number of piperidine rings is 1. The van der Waals surface area contributed by atoms with Crippen LogP contribution in [0.4, 0.5) is 0 Å². The fourth-order valence-corrected chi connectivity index (χ4v) is 4.95. The van der Waals surface area contributed by atoms with Gasteiger partial charge in [-0.2, -0.15) is 5.10 Å². The number of benzene rings is 1. The highest BCUT2D eigenvalue weighted by molar-refractivity contribution is 7.20. The van der Waals surface area contributed by atoms with Crippen LogP contribution in [-0.4, -0.2) is 38.7 Å². The molecule has 27 heavy (non-hydrogen) atoms. The van der Waals surface area contributed by atoms with Crippen LogP contribution in [0.5, 0.6) is 0 Å². The first-order valence-corrected chi connectivity index (χ1v) is 9.99. The van der Waals surface area contributed by atoms with Crippen molar-refractivity contribution in [3.05, 3.63) is 46.8 Å². The molecule has 3 aromatic heterocycles. The molecule has 0 radical (unpaired) electrons. The van der Waals surface area contributed by atoms with Crippen molar-refractivity contribution in [2.45, 2.75) is 25.7 Å². The van der Waals surface area contributed by atoms with Gasteiger partial charge in [-0.25, -0.2) is 4.98 Å². The summed E-state index contributed by atoms with van der Waals surface area (Å²) in [6.07, 6.45) is 1.76. The number of likely N-dealkylation sites (tertiary alicyclic amines) is 1. The fraction of sp³-hybridized carbons (Fsp3) is 0.350. The third kappa shape index (κ3) is 2.73. The van der Waals surface area contributed by atoms with Gasteiger partial charge in [-0.15, -0.1) is 11.3 Å². The minimum Gasteiger partial charge on any atom is -0.440 e. The Hall–Kier alpha value is -2.67. The normalized spacial score (nSPS) is 15.9. The number of oxazole rings is 1. The summed E-state index contributed by atoms with van der Waals surface area (Å²) >= 11 is 1.53. The second kappa shape index (κ2) is 6.20. The molecule has 1 saturated heterocycles. The van der Waals surface area contributed by atoms with Gasteiger partial charge < -0.3 is 9.32 Å². The highest BCUT2D eigenvalue weighted by Gasteiger charge is 2.28. The second-order valence-electron chi connectivity index (χ2n) is 7.12. The summed E-state index contributed by atoms with van der Waals surface area (Å²) in [5.74, 6) is 1.19. The third-order valence-electron chi connectivity index (χ3n) is 5.35. The molecule has 0 bridgehead atoms. The van der Waals surface area contributed by atoms with Crippen LogP contribution in [0.25, 0.3) is 21.3 Å². The summed E-state index contributed by atoms with van der Waals surface area (Å²) in [5.41, 5.74) is 2.71. The number of aryl methyl sites for hydroxylation is 2. The minimum absolute atomic E-state index is 0.117. The van der Waals surface area contributed by atoms with Crippen LogP contribution >= 0.6 is 11.3 Å². The van der Waals surface area contributed by atoms with Crippen LogP contribution in [-0.2, 0) is 7.05 Å². The predicted octanol–water partition coefficient (Wildman–Crippen LogP) is 4.10. The molecule has 4 heterocycles. The molecule has 7 heteroatoms. The van der Waals surface area contributed by atoms with Crippen LogP contribution in [0.1, 0.15) is 40.0 Å². The van der Waals surface area contributed by atoms with Gasteiger partial charge >= 0.3 is 0 Å². The van der Waals surface area contributed by atoms with Crippen LogP contribution in [0.15, 0.2) is 34.7 Å². The predicted molar refractivity (Wildman–Crippen MR) is 105 cm³/mol. The maximum Gasteiger partial charge on any atom is 0.264 e. The number of rotatable bonds is 2. The van der Waals surface area contributed by atoms with E-state index in [1.165, 1.54) is 11.3 Å². The minimum atomic E-state index is 0.117. The number of hydrogen-bond acceptors (Lipinski definition) is 5. The summed E-state index contributed by atoms with van der Waals surface area (Å²) in [7, 11) is 1.92. The number of carbonyl (C=O) groups is 1. The van der Waals surface area contributed by atoms with Crippen molar-refractivity contribution in [3.63, 3.8) is 0 Å². The van der Waals surface area contributed by atoms with Crippen molar-refractivity contribution in [2.24, 2.45) is 7.05 Å². The average Bonchev–Trinajstić information content (AvgIpc) is 3.37. The fourth-order valence-electron chi connectivity index (χ4n) is 3.86. The van der Waals surface area contributed by atoms with Gasteiger partial charge in [0, 0.05) is 31.4 Å². The Kier molecular flexibility index (Phi) is 3.79. The van der Waals surface area contributed by atoms with Gasteiger partial charge in [-0.05, 0) is 38.0 Å². The Morgan fingerprint density at radius 3 is 2.78 bits per heavy atom. The molecule has 5 rings (SSSR count). The lowest BCUT2D eigenvalue weighted by Crippen LogP contribution is -2.37. The van der Waals surface area contributed by atoms with E-state index in [0.717, 1.165) is 63.7 Å². The van der Waals surface area contributed by atoms with Crippen molar-refractivity contribution < 1.29 is 9.21 Å². The smallest absolute Gasteiger partial charge is 0.264 e. The molecule has 1 aliphatic rings. The van der Waals surface area contributed by atoms with Crippen molar-refractivity contribution in [2.75, 3.05) is 13.1 Å². The molecule has 0 aliphatic carbocycles. The number of aromatic nitrogens is 3. The van der Waals surface area contributed by atoms with Crippen molar-refractivity contribution in [3.8, 4) is 0 Å². The first kappa shape index (κ1) is 16.5. The number of carbonyl (C=O) groups excluding carboxylic acids is 1. The Morgan fingerprint density at radius 2 is 2.04 bits per heavy atom. The summed E-state index contributed by atoms with van der Waals surface area (Å²) < 4.78 is 7.77. The highest BCUT2D eigenvalue weighted by Crippen LogP contribution is 2.32. The molecular formula is C20H20N4O2S. The monoisotopic (exact) mass is 380 g/mol. The van der Waals surface area contributed by atoms with E-state index in [1.54, 1.807) is 0 Å². The zero-order chi connectivity index (χ0) is 18.5. The van der Waals surface area contributed by atoms with Gasteiger partial charge in [0.1, 0.15) is 10.3 Å². The number of thiophene rings is 1. The lowest BCUT2D eigenvalue weighted by atomic mass is 9.96. The van der Waals surface area contributed by atoms with E-state index >= 15 is 0 Å². The van der Waals surface area contributed by atoms with E-state index in [0.29, 0.717) is 0 Å². The van der Waals surface area contributed by atoms with E-state index in [-0.39, 0.29) is 11.8 Å². The van der Waals surface area contributed by atoms with E-state index in [9.17, 15) is 4.79 Å². The molecule has 4 aromatic rings. The van der Waals surface area contributed by atoms with Crippen molar-refractivity contribution in [1.82, 2.24) is 19.7 Å². The van der Waals surface area contributed by atoms with Gasteiger partial charge in [-0.1, -0.05) is 12.1 Å². The van der Waals surface area contributed by atoms with Crippen LogP contribution in [0, 0.1) is 6.92 Å². The summed E-state index contributed by atoms with van der Waals surface area (Å²) in [4.78, 5) is 21.4. The SMILES string of the molecule is Cc1nn(C)c2sc(C(=O)N3CCC(c4nc5ccccc5o4)CC3)cc12. The zero-order valence-electron chi connectivity index (χ0n) is 15.3. The van der Waals surface area contributed by atoms with Gasteiger partial charge in [0.05, 0.1) is 10.6 Å². The molecule has 138 valence electrons. The Bertz CT molecular complexity index is 1080. The standard InChI is InChI=1S/C20H20N4O2S/c1-12-14-11-17(27-20(14)23(2)22-12)19(25)24-9-7-13(8-10-24)18-21-15-5-3-4-6-16(15)26-18/h3-6,11,13H,7-10H2,1-2H3. The quantitative estimate of drug-likeness (QED) is 0.525. The first-order valence-electron chi connectivity index (χ1n) is 9.18. The molecule has 1 aliphatic heterocycles. The molecule has 1 fully saturated rings. The van der Waals surface area contributed by atoms with Crippen LogP contribution in [0.3, 0.4) is 0 Å². The molecule has 0 saturated carbocycles. The summed E-state index contributed by atoms with van der Waals surface area (Å²) in [6.45, 7) is 3.44. The maximum atomic E-state index is 12.9. The van der Waals surface area contributed by atoms with Gasteiger partial charge in [0.25, 0.3) is 5.91 Å². The van der Waals surface area contributed by atoms with E-state index in [2.05, 4.69) is 10.1 Å². The third-order valence-corrected chi connectivity index (χ3v) is 6.54. The molecule has 6 nitrogen and oxygen atoms in total. The Labute approximate surface area is 160 Å². The van der Waals surface area contributed by atoms with Crippen LogP contribution in [0.2, 0.25) is 0 Å². The number of hydrogen-bond donors (Lipinski definition) is 0. The summed E-state index contributed by atoms with van der Waals surface area (Å²) in [6, 6.07) is 9.83. The van der Waals surface area contributed by atoms with E-state index in [4.69, 9.17) is 4.42 Å². The van der Waals surface area contributed by atoms with E-state index in [1.807, 2.05) is 53.9 Å². The van der Waals surface area contributed by atoms with E-state index < -0.39 is 0 Å². The molecule has 1 aromatic carbocycles. The highest BCUT2D eigenvalue weighted by atomic mass is 32.1. The van der Waals surface area contributed by atoms with Crippen molar-refractivity contribution in [1.29, 1.82) is 0 Å². The molecule has 0 spiro atoms. The number of nitrogens with zero attached hydrogens (tertiary/aromatic N) is 4. The summed E-state index contributed by atoms with van der Waals surface area (Å²) in [5, 5.41) is 5.49. The second-order valence-corrected chi connectivity index (χ2v) is 8.16. The van der Waals surface area contributed by atoms with Gasteiger partial charge in [0.2, 0.25) is 0 Å². The molecule has 0 atom stereocenters. The average molecular weight is 380 g/mol. The van der Waals surface area contributed by atoms with Crippen molar-refractivity contribution >= 4 is 38.6 Å². The number of fused-ring (bicyclic) bond motifs is 2. The molecule has 0 unspecified atom stereocenters. The number of para-hydroxylation sites is 2. The molecule has 1 amide bonds. The zero-order valence-corrected chi connectivity index (χ0v) is 16.1. The van der Waals surface area contributed by atoms with Gasteiger partial charge in [-0.3, -0.25) is 9.48 Å². The molecular weight excluding hydrogens is 360 g/mol. The largest absolute Gasteiger partial charge is 0.440 e. The lowest BCUT2D eigenvalue weighted by Gasteiger charge is -2.30. The number of amides is 1.